The fourth-order valence-electron chi connectivity index (χ4n) is 3.43. The van der Waals surface area contributed by atoms with Gasteiger partial charge in [0.25, 0.3) is 5.56 Å². The molecule has 0 aliphatic rings. The molecule has 0 aliphatic heterocycles. The summed E-state index contributed by atoms with van der Waals surface area (Å²) in [6.07, 6.45) is 3.11. The Labute approximate surface area is 184 Å². The van der Waals surface area contributed by atoms with Crippen molar-refractivity contribution >= 4 is 32.7 Å². The molecule has 0 fully saturated rings. The summed E-state index contributed by atoms with van der Waals surface area (Å²) in [6.45, 7) is 2.55. The molecule has 6 nitrogen and oxygen atoms in total. The summed E-state index contributed by atoms with van der Waals surface area (Å²) in [5.41, 5.74) is 6.73. The van der Waals surface area contributed by atoms with Crippen molar-refractivity contribution in [2.24, 2.45) is 5.73 Å². The predicted octanol–water partition coefficient (Wildman–Crippen LogP) is 4.19. The van der Waals surface area contributed by atoms with Crippen LogP contribution < -0.4 is 11.3 Å². The average molecular weight is 471 g/mol. The number of unbranched alkanes of at least 4 members (excludes halogenated alkanes) is 2. The summed E-state index contributed by atoms with van der Waals surface area (Å²) in [6, 6.07) is 14.4. The number of halogens is 1. The van der Waals surface area contributed by atoms with Crippen LogP contribution >= 0.6 is 15.9 Å². The fourth-order valence-corrected chi connectivity index (χ4v) is 3.70. The van der Waals surface area contributed by atoms with Gasteiger partial charge in [0.1, 0.15) is 5.82 Å². The minimum Gasteiger partial charge on any atom is -0.336 e. The summed E-state index contributed by atoms with van der Waals surface area (Å²) in [7, 11) is 1.77. The molecule has 1 amide bonds. The number of aromatic nitrogens is 2. The van der Waals surface area contributed by atoms with E-state index in [2.05, 4.69) is 15.9 Å². The zero-order valence-electron chi connectivity index (χ0n) is 17.3. The van der Waals surface area contributed by atoms with Crippen LogP contribution in [0.25, 0.3) is 16.6 Å². The molecule has 1 atom stereocenters. The first-order chi connectivity index (χ1) is 14.4. The number of carbonyl (C=O) groups excluding carboxylic acids is 1. The van der Waals surface area contributed by atoms with E-state index >= 15 is 0 Å². The largest absolute Gasteiger partial charge is 0.336 e. The monoisotopic (exact) mass is 470 g/mol. The normalized spacial score (nSPS) is 12.1. The second kappa shape index (κ2) is 10.00. The van der Waals surface area contributed by atoms with Crippen molar-refractivity contribution in [3.05, 3.63) is 69.2 Å². The molecule has 1 heterocycles. The van der Waals surface area contributed by atoms with Gasteiger partial charge in [-0.3, -0.25) is 14.2 Å². The van der Waals surface area contributed by atoms with Crippen LogP contribution in [0.5, 0.6) is 0 Å². The molecule has 1 unspecified atom stereocenters. The second-order valence-corrected chi connectivity index (χ2v) is 8.30. The molecule has 7 heteroatoms. The molecule has 3 rings (SSSR count). The molecular formula is C23H27BrN4O2. The number of nitrogens with zero attached hydrogens (tertiary/aromatic N) is 3. The number of fused-ring (bicyclic) bond motifs is 1. The molecule has 0 bridgehead atoms. The smallest absolute Gasteiger partial charge is 0.266 e. The van der Waals surface area contributed by atoms with Crippen molar-refractivity contribution in [3.8, 4) is 5.69 Å². The fraction of sp³-hybridized carbons (Fsp3) is 0.348. The molecule has 0 saturated heterocycles. The highest BCUT2D eigenvalue weighted by Crippen LogP contribution is 2.23. The van der Waals surface area contributed by atoms with Gasteiger partial charge in [-0.2, -0.15) is 0 Å². The van der Waals surface area contributed by atoms with Crippen molar-refractivity contribution in [2.75, 3.05) is 13.6 Å². The molecule has 30 heavy (non-hydrogen) atoms. The first-order valence-corrected chi connectivity index (χ1v) is 11.0. The van der Waals surface area contributed by atoms with Crippen LogP contribution in [0.15, 0.2) is 57.8 Å². The molecule has 158 valence electrons. The van der Waals surface area contributed by atoms with E-state index in [0.717, 1.165) is 23.7 Å². The highest BCUT2D eigenvalue weighted by molar-refractivity contribution is 9.10. The Kier molecular flexibility index (Phi) is 7.39. The average Bonchev–Trinajstić information content (AvgIpc) is 2.76. The Bertz CT molecular complexity index is 1080. The Hall–Kier alpha value is -2.51. The SMILES string of the molecule is CC(c1nc2ccccc2c(=O)n1-c1ccc(Br)cc1)N(C)C(=O)CCCCCN. The van der Waals surface area contributed by atoms with Crippen molar-refractivity contribution < 1.29 is 4.79 Å². The van der Waals surface area contributed by atoms with Crippen molar-refractivity contribution in [3.63, 3.8) is 0 Å². The van der Waals surface area contributed by atoms with Crippen LogP contribution in [0.1, 0.15) is 44.5 Å². The summed E-state index contributed by atoms with van der Waals surface area (Å²) >= 11 is 3.44. The number of para-hydroxylation sites is 1. The quantitative estimate of drug-likeness (QED) is 0.500. The molecule has 0 aliphatic carbocycles. The van der Waals surface area contributed by atoms with Gasteiger partial charge < -0.3 is 10.6 Å². The van der Waals surface area contributed by atoms with Crippen LogP contribution in [0.4, 0.5) is 0 Å². The second-order valence-electron chi connectivity index (χ2n) is 7.38. The summed E-state index contributed by atoms with van der Waals surface area (Å²) in [4.78, 5) is 32.6. The Morgan fingerprint density at radius 2 is 1.83 bits per heavy atom. The van der Waals surface area contributed by atoms with Gasteiger partial charge in [0.05, 0.1) is 22.6 Å². The predicted molar refractivity (Wildman–Crippen MR) is 124 cm³/mol. The van der Waals surface area contributed by atoms with Gasteiger partial charge in [0.15, 0.2) is 0 Å². The van der Waals surface area contributed by atoms with E-state index in [-0.39, 0.29) is 17.5 Å². The number of nitrogens with two attached hydrogens (primary N) is 1. The van der Waals surface area contributed by atoms with Crippen molar-refractivity contribution in [1.82, 2.24) is 14.5 Å². The Morgan fingerprint density at radius 3 is 2.53 bits per heavy atom. The molecule has 2 aromatic carbocycles. The van der Waals surface area contributed by atoms with Crippen LogP contribution in [0, 0.1) is 0 Å². The standard InChI is InChI=1S/C23H27BrN4O2/c1-16(27(2)21(29)10-4-3-7-15-25)22-26-20-9-6-5-8-19(20)23(30)28(22)18-13-11-17(24)12-14-18/h5-6,8-9,11-14,16H,3-4,7,10,15,25H2,1-2H3. The van der Waals surface area contributed by atoms with Crippen LogP contribution in [-0.4, -0.2) is 34.0 Å². The van der Waals surface area contributed by atoms with Crippen LogP contribution in [-0.2, 0) is 4.79 Å². The maximum absolute atomic E-state index is 13.4. The van der Waals surface area contributed by atoms with E-state index < -0.39 is 0 Å². The summed E-state index contributed by atoms with van der Waals surface area (Å²) < 4.78 is 2.53. The number of amides is 1. The number of benzene rings is 2. The van der Waals surface area contributed by atoms with Crippen molar-refractivity contribution in [1.29, 1.82) is 0 Å². The number of hydrogen-bond donors (Lipinski definition) is 1. The van der Waals surface area contributed by atoms with Gasteiger partial charge in [0, 0.05) is 17.9 Å². The van der Waals surface area contributed by atoms with Crippen LogP contribution in [0.3, 0.4) is 0 Å². The molecule has 0 saturated carbocycles. The van der Waals surface area contributed by atoms with E-state index in [4.69, 9.17) is 10.7 Å². The third-order valence-corrected chi connectivity index (χ3v) is 5.86. The maximum Gasteiger partial charge on any atom is 0.266 e. The molecule has 0 radical (unpaired) electrons. The molecule has 1 aromatic heterocycles. The lowest BCUT2D eigenvalue weighted by Crippen LogP contribution is -2.34. The van der Waals surface area contributed by atoms with Crippen LogP contribution in [0.2, 0.25) is 0 Å². The summed E-state index contributed by atoms with van der Waals surface area (Å²) in [5.74, 6) is 0.572. The Balaban J connectivity index is 2.03. The topological polar surface area (TPSA) is 81.2 Å². The third kappa shape index (κ3) is 4.79. The summed E-state index contributed by atoms with van der Waals surface area (Å²) in [5, 5.41) is 0.548. The molecule has 2 N–H and O–H groups in total. The molecule has 0 spiro atoms. The van der Waals surface area contributed by atoms with Gasteiger partial charge in [-0.05, 0) is 62.7 Å². The minimum atomic E-state index is -0.368. The number of hydrogen-bond acceptors (Lipinski definition) is 4. The van der Waals surface area contributed by atoms with E-state index in [1.165, 1.54) is 0 Å². The molecular weight excluding hydrogens is 444 g/mol. The minimum absolute atomic E-state index is 0.0317. The number of rotatable bonds is 8. The maximum atomic E-state index is 13.4. The van der Waals surface area contributed by atoms with E-state index in [0.29, 0.717) is 35.4 Å². The number of carbonyl (C=O) groups is 1. The van der Waals surface area contributed by atoms with E-state index in [9.17, 15) is 9.59 Å². The highest BCUT2D eigenvalue weighted by Gasteiger charge is 2.23. The first-order valence-electron chi connectivity index (χ1n) is 10.2. The first kappa shape index (κ1) is 22.2. The van der Waals surface area contributed by atoms with Gasteiger partial charge in [-0.1, -0.05) is 34.5 Å². The van der Waals surface area contributed by atoms with E-state index in [1.54, 1.807) is 22.6 Å². The lowest BCUT2D eigenvalue weighted by molar-refractivity contribution is -0.132. The van der Waals surface area contributed by atoms with Gasteiger partial charge >= 0.3 is 0 Å². The Morgan fingerprint density at radius 1 is 1.13 bits per heavy atom. The lowest BCUT2D eigenvalue weighted by atomic mass is 10.1. The third-order valence-electron chi connectivity index (χ3n) is 5.33. The van der Waals surface area contributed by atoms with Gasteiger partial charge in [-0.15, -0.1) is 0 Å². The molecule has 3 aromatic rings. The zero-order chi connectivity index (χ0) is 21.7. The van der Waals surface area contributed by atoms with Gasteiger partial charge in [0.2, 0.25) is 5.91 Å². The van der Waals surface area contributed by atoms with E-state index in [1.807, 2.05) is 49.4 Å². The van der Waals surface area contributed by atoms with Crippen molar-refractivity contribution in [2.45, 2.75) is 38.6 Å². The highest BCUT2D eigenvalue weighted by atomic mass is 79.9. The lowest BCUT2D eigenvalue weighted by Gasteiger charge is -2.27. The van der Waals surface area contributed by atoms with Gasteiger partial charge in [-0.25, -0.2) is 4.98 Å². The zero-order valence-corrected chi connectivity index (χ0v) is 18.9.